The highest BCUT2D eigenvalue weighted by molar-refractivity contribution is 5.69. The Kier molecular flexibility index (Phi) is 10.3. The van der Waals surface area contributed by atoms with E-state index < -0.39 is 0 Å². The van der Waals surface area contributed by atoms with E-state index in [-0.39, 0.29) is 23.6 Å². The van der Waals surface area contributed by atoms with Crippen LogP contribution in [0, 0.1) is 23.2 Å². The highest BCUT2D eigenvalue weighted by atomic mass is 16.6. The monoisotopic (exact) mass is 512 g/mol. The first-order chi connectivity index (χ1) is 17.5. The van der Waals surface area contributed by atoms with Crippen LogP contribution in [0.1, 0.15) is 125 Å². The number of hydrogen-bond acceptors (Lipinski definition) is 4. The first-order valence-corrected chi connectivity index (χ1v) is 15.0. The molecule has 3 saturated carbocycles. The van der Waals surface area contributed by atoms with Crippen LogP contribution in [-0.2, 0) is 19.1 Å². The molecule has 4 heteroatoms. The van der Waals surface area contributed by atoms with Gasteiger partial charge in [-0.05, 0) is 100 Å². The molecule has 0 aromatic heterocycles. The van der Waals surface area contributed by atoms with Crippen LogP contribution < -0.4 is 0 Å². The predicted molar refractivity (Wildman–Crippen MR) is 151 cm³/mol. The third-order valence-corrected chi connectivity index (χ3v) is 9.60. The number of ether oxygens (including phenoxy) is 2. The summed E-state index contributed by atoms with van der Waals surface area (Å²) in [5.41, 5.74) is 4.07. The summed E-state index contributed by atoms with van der Waals surface area (Å²) in [7, 11) is 0. The lowest BCUT2D eigenvalue weighted by atomic mass is 9.60. The van der Waals surface area contributed by atoms with Gasteiger partial charge in [0.1, 0.15) is 11.7 Å². The van der Waals surface area contributed by atoms with E-state index in [1.54, 1.807) is 5.57 Å². The van der Waals surface area contributed by atoms with E-state index >= 15 is 0 Å². The number of esters is 2. The Hall–Kier alpha value is -1.84. The van der Waals surface area contributed by atoms with Crippen molar-refractivity contribution in [3.63, 3.8) is 0 Å². The molecule has 0 bridgehead atoms. The molecular weight excluding hydrogens is 460 g/mol. The number of allylic oxidation sites excluding steroid dienone is 4. The van der Waals surface area contributed by atoms with Crippen molar-refractivity contribution in [2.45, 2.75) is 137 Å². The maximum atomic E-state index is 11.8. The zero-order valence-corrected chi connectivity index (χ0v) is 24.5. The van der Waals surface area contributed by atoms with Crippen LogP contribution in [0.4, 0.5) is 0 Å². The van der Waals surface area contributed by atoms with Crippen LogP contribution in [-0.4, -0.2) is 23.6 Å². The highest BCUT2D eigenvalue weighted by Crippen LogP contribution is 2.60. The van der Waals surface area contributed by atoms with Crippen molar-refractivity contribution in [1.82, 2.24) is 0 Å². The van der Waals surface area contributed by atoms with E-state index in [4.69, 9.17) is 9.47 Å². The van der Waals surface area contributed by atoms with Crippen LogP contribution in [0.2, 0.25) is 0 Å². The molecule has 5 atom stereocenters. The van der Waals surface area contributed by atoms with Crippen molar-refractivity contribution in [2.75, 3.05) is 0 Å². The molecule has 3 fully saturated rings. The van der Waals surface area contributed by atoms with Crippen molar-refractivity contribution in [3.8, 4) is 0 Å². The first-order valence-electron chi connectivity index (χ1n) is 15.0. The highest BCUT2D eigenvalue weighted by Gasteiger charge is 2.50. The van der Waals surface area contributed by atoms with Crippen molar-refractivity contribution in [3.05, 3.63) is 35.5 Å². The molecule has 0 spiro atoms. The van der Waals surface area contributed by atoms with Crippen molar-refractivity contribution in [1.29, 1.82) is 0 Å². The Morgan fingerprint density at radius 2 is 1.84 bits per heavy atom. The molecule has 3 aliphatic rings. The average Bonchev–Trinajstić information content (AvgIpc) is 3.21. The van der Waals surface area contributed by atoms with Crippen LogP contribution in [0.3, 0.4) is 0 Å². The number of carbonyl (C=O) groups is 2. The zero-order valence-electron chi connectivity index (χ0n) is 24.5. The van der Waals surface area contributed by atoms with Crippen LogP contribution >= 0.6 is 0 Å². The largest absolute Gasteiger partial charge is 0.462 e. The minimum Gasteiger partial charge on any atom is -0.462 e. The Balaban J connectivity index is 1.62. The number of rotatable bonds is 10. The summed E-state index contributed by atoms with van der Waals surface area (Å²) >= 11 is 0. The molecule has 0 radical (unpaired) electrons. The minimum atomic E-state index is -0.375. The molecule has 0 aliphatic heterocycles. The average molecular weight is 513 g/mol. The number of carbonyl (C=O) groups excluding carboxylic acids is 2. The Morgan fingerprint density at radius 3 is 2.54 bits per heavy atom. The van der Waals surface area contributed by atoms with Gasteiger partial charge in [0.05, 0.1) is 0 Å². The summed E-state index contributed by atoms with van der Waals surface area (Å²) in [6.45, 7) is 17.1. The summed E-state index contributed by atoms with van der Waals surface area (Å²) in [6.07, 6.45) is 17.8. The maximum absolute atomic E-state index is 11.8. The van der Waals surface area contributed by atoms with E-state index in [9.17, 15) is 9.59 Å². The summed E-state index contributed by atoms with van der Waals surface area (Å²) in [5.74, 6) is 1.89. The SMILES string of the molecule is C=C1CC[C@H](OC(=O)CC)CC1=CC=C1CCC[C@@]2(C)[C@@H]1CC[C@@H]2[C@H](C)CCCC(C)(C)OC(=O)CC. The molecule has 0 aromatic carbocycles. The molecule has 0 aromatic rings. The molecule has 208 valence electrons. The molecule has 0 unspecified atom stereocenters. The lowest BCUT2D eigenvalue weighted by Crippen LogP contribution is -2.36. The number of fused-ring (bicyclic) bond motifs is 1. The fourth-order valence-corrected chi connectivity index (χ4v) is 7.45. The third-order valence-electron chi connectivity index (χ3n) is 9.60. The van der Waals surface area contributed by atoms with E-state index in [1.807, 2.05) is 27.7 Å². The molecular formula is C33H52O4. The molecule has 0 amide bonds. The van der Waals surface area contributed by atoms with Crippen molar-refractivity contribution < 1.29 is 19.1 Å². The van der Waals surface area contributed by atoms with Crippen LogP contribution in [0.15, 0.2) is 35.5 Å². The first kappa shape index (κ1) is 29.7. The lowest BCUT2D eigenvalue weighted by molar-refractivity contribution is -0.156. The van der Waals surface area contributed by atoms with E-state index in [0.717, 1.165) is 38.0 Å². The maximum Gasteiger partial charge on any atom is 0.306 e. The van der Waals surface area contributed by atoms with Gasteiger partial charge in [0, 0.05) is 19.3 Å². The predicted octanol–water partition coefficient (Wildman–Crippen LogP) is 8.66. The summed E-state index contributed by atoms with van der Waals surface area (Å²) in [4.78, 5) is 23.5. The van der Waals surface area contributed by atoms with Gasteiger partial charge in [0.2, 0.25) is 0 Å². The minimum absolute atomic E-state index is 0.00796. The van der Waals surface area contributed by atoms with Gasteiger partial charge < -0.3 is 9.47 Å². The normalized spacial score (nSPS) is 31.3. The van der Waals surface area contributed by atoms with Gasteiger partial charge >= 0.3 is 11.9 Å². The fourth-order valence-electron chi connectivity index (χ4n) is 7.45. The second-order valence-corrected chi connectivity index (χ2v) is 12.8. The van der Waals surface area contributed by atoms with Crippen molar-refractivity contribution in [2.24, 2.45) is 23.2 Å². The number of hydrogen-bond donors (Lipinski definition) is 0. The van der Waals surface area contributed by atoms with Gasteiger partial charge in [-0.1, -0.05) is 64.0 Å². The fraction of sp³-hybridized carbons (Fsp3) is 0.758. The van der Waals surface area contributed by atoms with Gasteiger partial charge in [-0.25, -0.2) is 0 Å². The molecule has 37 heavy (non-hydrogen) atoms. The van der Waals surface area contributed by atoms with E-state index in [1.165, 1.54) is 49.7 Å². The second-order valence-electron chi connectivity index (χ2n) is 12.8. The van der Waals surface area contributed by atoms with Gasteiger partial charge in [-0.3, -0.25) is 9.59 Å². The molecule has 0 heterocycles. The molecule has 0 N–H and O–H groups in total. The Morgan fingerprint density at radius 1 is 1.11 bits per heavy atom. The van der Waals surface area contributed by atoms with Gasteiger partial charge in [0.15, 0.2) is 0 Å². The third kappa shape index (κ3) is 7.60. The zero-order chi connectivity index (χ0) is 27.2. The Bertz CT molecular complexity index is 894. The second kappa shape index (κ2) is 12.8. The van der Waals surface area contributed by atoms with Gasteiger partial charge in [-0.2, -0.15) is 0 Å². The quantitative estimate of drug-likeness (QED) is 0.275. The van der Waals surface area contributed by atoms with Crippen LogP contribution in [0.5, 0.6) is 0 Å². The van der Waals surface area contributed by atoms with Crippen LogP contribution in [0.25, 0.3) is 0 Å². The summed E-state index contributed by atoms with van der Waals surface area (Å²) in [6, 6.07) is 0. The topological polar surface area (TPSA) is 52.6 Å². The van der Waals surface area contributed by atoms with E-state index in [0.29, 0.717) is 30.1 Å². The molecule has 3 rings (SSSR count). The standard InChI is InChI=1S/C33H52O4/c1-8-30(34)36-27-17-14-23(3)26(22-27)16-15-25-13-11-21-33(7)28(18-19-29(25)33)24(4)12-10-20-32(5,6)37-31(35)9-2/h15-16,24,27-29H,3,8-14,17-22H2,1-2,4-7H3/t24-,27+,28-,29-,33-/m1/s1. The smallest absolute Gasteiger partial charge is 0.306 e. The van der Waals surface area contributed by atoms with Gasteiger partial charge in [0.25, 0.3) is 0 Å². The molecule has 4 nitrogen and oxygen atoms in total. The molecule has 3 aliphatic carbocycles. The molecule has 0 saturated heterocycles. The summed E-state index contributed by atoms with van der Waals surface area (Å²) < 4.78 is 11.3. The van der Waals surface area contributed by atoms with Gasteiger partial charge in [-0.15, -0.1) is 0 Å². The lowest BCUT2D eigenvalue weighted by Gasteiger charge is -2.44. The van der Waals surface area contributed by atoms with Crippen molar-refractivity contribution >= 4 is 11.9 Å². The Labute approximate surface area is 226 Å². The van der Waals surface area contributed by atoms with E-state index in [2.05, 4.69) is 32.6 Å². The summed E-state index contributed by atoms with van der Waals surface area (Å²) in [5, 5.41) is 0.